The zero-order valence-electron chi connectivity index (χ0n) is 9.09. The molecule has 86 valence electrons. The largest absolute Gasteiger partial charge is 0.508 e. The first kappa shape index (κ1) is 10.8. The molecule has 1 saturated heterocycles. The van der Waals surface area contributed by atoms with Gasteiger partial charge in [-0.1, -0.05) is 25.1 Å². The van der Waals surface area contributed by atoms with Gasteiger partial charge >= 0.3 is 6.16 Å². The summed E-state index contributed by atoms with van der Waals surface area (Å²) in [6.07, 6.45) is -0.317. The van der Waals surface area contributed by atoms with Gasteiger partial charge in [0.2, 0.25) is 0 Å². The number of carbonyl (C=O) groups excluding carboxylic acids is 1. The summed E-state index contributed by atoms with van der Waals surface area (Å²) < 4.78 is 15.5. The third-order valence-corrected chi connectivity index (χ3v) is 2.46. The standard InChI is InChI=1S/C12H14O4/c1-2-10(11-8-14-12(13)16-11)15-9-6-4-3-5-7-9/h3-7,10-11H,2,8H2,1H3. The molecule has 0 aliphatic carbocycles. The summed E-state index contributed by atoms with van der Waals surface area (Å²) in [7, 11) is 0. The summed E-state index contributed by atoms with van der Waals surface area (Å²) in [6, 6.07) is 9.48. The van der Waals surface area contributed by atoms with Gasteiger partial charge in [0.15, 0.2) is 6.10 Å². The smallest absolute Gasteiger partial charge is 0.486 e. The van der Waals surface area contributed by atoms with E-state index in [9.17, 15) is 4.79 Å². The molecular formula is C12H14O4. The summed E-state index contributed by atoms with van der Waals surface area (Å²) >= 11 is 0. The Morgan fingerprint density at radius 1 is 1.44 bits per heavy atom. The van der Waals surface area contributed by atoms with Crippen LogP contribution >= 0.6 is 0 Å². The van der Waals surface area contributed by atoms with Crippen molar-refractivity contribution in [2.75, 3.05) is 6.61 Å². The molecule has 4 nitrogen and oxygen atoms in total. The second-order valence-electron chi connectivity index (χ2n) is 3.59. The molecule has 1 heterocycles. The first-order valence-corrected chi connectivity index (χ1v) is 5.34. The Morgan fingerprint density at radius 2 is 2.19 bits per heavy atom. The third kappa shape index (κ3) is 2.45. The molecule has 1 fully saturated rings. The van der Waals surface area contributed by atoms with Gasteiger partial charge in [0.1, 0.15) is 18.5 Å². The van der Waals surface area contributed by atoms with Gasteiger partial charge in [0, 0.05) is 0 Å². The summed E-state index contributed by atoms with van der Waals surface area (Å²) in [5, 5.41) is 0. The number of hydrogen-bond donors (Lipinski definition) is 0. The number of rotatable bonds is 4. The minimum Gasteiger partial charge on any atom is -0.486 e. The van der Waals surface area contributed by atoms with E-state index in [1.807, 2.05) is 37.3 Å². The minimum absolute atomic E-state index is 0.158. The Bertz CT molecular complexity index is 349. The second-order valence-corrected chi connectivity index (χ2v) is 3.59. The first-order valence-electron chi connectivity index (χ1n) is 5.34. The number of carbonyl (C=O) groups is 1. The predicted octanol–water partition coefficient (Wildman–Crippen LogP) is 2.38. The highest BCUT2D eigenvalue weighted by Crippen LogP contribution is 2.19. The molecule has 0 bridgehead atoms. The van der Waals surface area contributed by atoms with E-state index in [0.29, 0.717) is 0 Å². The number of para-hydroxylation sites is 1. The fraction of sp³-hybridized carbons (Fsp3) is 0.417. The lowest BCUT2D eigenvalue weighted by Gasteiger charge is -2.20. The molecule has 1 aromatic rings. The molecule has 16 heavy (non-hydrogen) atoms. The zero-order valence-corrected chi connectivity index (χ0v) is 9.09. The van der Waals surface area contributed by atoms with Crippen LogP contribution in [-0.4, -0.2) is 25.0 Å². The van der Waals surface area contributed by atoms with E-state index in [2.05, 4.69) is 0 Å². The maximum Gasteiger partial charge on any atom is 0.508 e. The summed E-state index contributed by atoms with van der Waals surface area (Å²) in [5.74, 6) is 0.775. The van der Waals surface area contributed by atoms with Crippen LogP contribution in [0.25, 0.3) is 0 Å². The van der Waals surface area contributed by atoms with Crippen molar-refractivity contribution in [1.82, 2.24) is 0 Å². The molecule has 1 aromatic carbocycles. The molecule has 1 aliphatic rings. The number of hydrogen-bond acceptors (Lipinski definition) is 4. The molecule has 0 saturated carbocycles. The van der Waals surface area contributed by atoms with Crippen LogP contribution in [0, 0.1) is 0 Å². The number of benzene rings is 1. The van der Waals surface area contributed by atoms with Crippen LogP contribution in [0.5, 0.6) is 5.75 Å². The van der Waals surface area contributed by atoms with Crippen LogP contribution in [0.4, 0.5) is 4.79 Å². The lowest BCUT2D eigenvalue weighted by molar-refractivity contribution is 0.0460. The number of cyclic esters (lactones) is 2. The molecule has 2 unspecified atom stereocenters. The van der Waals surface area contributed by atoms with E-state index < -0.39 is 6.16 Å². The lowest BCUT2D eigenvalue weighted by atomic mass is 10.1. The molecule has 4 heteroatoms. The van der Waals surface area contributed by atoms with E-state index in [0.717, 1.165) is 12.2 Å². The van der Waals surface area contributed by atoms with Crippen LogP contribution in [0.15, 0.2) is 30.3 Å². The Labute approximate surface area is 94.1 Å². The van der Waals surface area contributed by atoms with Gasteiger partial charge in [0.25, 0.3) is 0 Å². The van der Waals surface area contributed by atoms with Crippen molar-refractivity contribution in [3.05, 3.63) is 30.3 Å². The maximum atomic E-state index is 10.8. The molecule has 2 atom stereocenters. The summed E-state index contributed by atoms with van der Waals surface area (Å²) in [6.45, 7) is 2.25. The Balaban J connectivity index is 1.98. The quantitative estimate of drug-likeness (QED) is 0.734. The Hall–Kier alpha value is -1.71. The molecule has 1 aliphatic heterocycles. The topological polar surface area (TPSA) is 44.8 Å². The van der Waals surface area contributed by atoms with Crippen molar-refractivity contribution in [2.45, 2.75) is 25.6 Å². The normalized spacial score (nSPS) is 21.1. The third-order valence-electron chi connectivity index (χ3n) is 2.46. The van der Waals surface area contributed by atoms with Crippen molar-refractivity contribution in [3.63, 3.8) is 0 Å². The van der Waals surface area contributed by atoms with Crippen LogP contribution in [0.2, 0.25) is 0 Å². The molecular weight excluding hydrogens is 208 g/mol. The van der Waals surface area contributed by atoms with E-state index in [4.69, 9.17) is 14.2 Å². The van der Waals surface area contributed by atoms with Crippen LogP contribution in [-0.2, 0) is 9.47 Å². The lowest BCUT2D eigenvalue weighted by Crippen LogP contribution is -2.33. The Kier molecular flexibility index (Phi) is 3.29. The number of ether oxygens (including phenoxy) is 3. The van der Waals surface area contributed by atoms with E-state index in [-0.39, 0.29) is 18.8 Å². The van der Waals surface area contributed by atoms with Crippen molar-refractivity contribution >= 4 is 6.16 Å². The van der Waals surface area contributed by atoms with E-state index in [1.165, 1.54) is 0 Å². The van der Waals surface area contributed by atoms with Gasteiger partial charge in [-0.05, 0) is 18.6 Å². The highest BCUT2D eigenvalue weighted by molar-refractivity contribution is 5.61. The molecule has 0 amide bonds. The fourth-order valence-corrected chi connectivity index (χ4v) is 1.62. The van der Waals surface area contributed by atoms with Gasteiger partial charge in [-0.2, -0.15) is 0 Å². The van der Waals surface area contributed by atoms with E-state index >= 15 is 0 Å². The highest BCUT2D eigenvalue weighted by atomic mass is 16.8. The van der Waals surface area contributed by atoms with Gasteiger partial charge < -0.3 is 14.2 Å². The molecule has 0 spiro atoms. The van der Waals surface area contributed by atoms with Crippen molar-refractivity contribution < 1.29 is 19.0 Å². The summed E-state index contributed by atoms with van der Waals surface area (Å²) in [4.78, 5) is 10.8. The van der Waals surface area contributed by atoms with Gasteiger partial charge in [-0.15, -0.1) is 0 Å². The monoisotopic (exact) mass is 222 g/mol. The van der Waals surface area contributed by atoms with E-state index in [1.54, 1.807) is 0 Å². The Morgan fingerprint density at radius 3 is 2.75 bits per heavy atom. The van der Waals surface area contributed by atoms with Gasteiger partial charge in [0.05, 0.1) is 0 Å². The maximum absolute atomic E-state index is 10.8. The molecule has 0 aromatic heterocycles. The van der Waals surface area contributed by atoms with Gasteiger partial charge in [-0.3, -0.25) is 0 Å². The van der Waals surface area contributed by atoms with Crippen LogP contribution in [0.3, 0.4) is 0 Å². The summed E-state index contributed by atoms with van der Waals surface area (Å²) in [5.41, 5.74) is 0. The predicted molar refractivity (Wildman–Crippen MR) is 57.4 cm³/mol. The molecule has 2 rings (SSSR count). The zero-order chi connectivity index (χ0) is 11.4. The fourth-order valence-electron chi connectivity index (χ4n) is 1.62. The molecule has 0 N–H and O–H groups in total. The van der Waals surface area contributed by atoms with Crippen molar-refractivity contribution in [2.24, 2.45) is 0 Å². The molecule has 0 radical (unpaired) electrons. The van der Waals surface area contributed by atoms with Crippen molar-refractivity contribution in [3.8, 4) is 5.75 Å². The average Bonchev–Trinajstić information content (AvgIpc) is 2.74. The SMILES string of the molecule is CCC(Oc1ccccc1)C1COC(=O)O1. The second kappa shape index (κ2) is 4.88. The average molecular weight is 222 g/mol. The van der Waals surface area contributed by atoms with Crippen molar-refractivity contribution in [1.29, 1.82) is 0 Å². The van der Waals surface area contributed by atoms with Crippen LogP contribution < -0.4 is 4.74 Å². The highest BCUT2D eigenvalue weighted by Gasteiger charge is 2.33. The first-order chi connectivity index (χ1) is 7.79. The van der Waals surface area contributed by atoms with Crippen LogP contribution in [0.1, 0.15) is 13.3 Å². The minimum atomic E-state index is -0.611. The van der Waals surface area contributed by atoms with Gasteiger partial charge in [-0.25, -0.2) is 4.79 Å².